The monoisotopic (exact) mass is 290 g/mol. The Hall–Kier alpha value is -0.380. The van der Waals surface area contributed by atoms with E-state index in [9.17, 15) is 9.59 Å². The van der Waals surface area contributed by atoms with Gasteiger partial charge in [0.05, 0.1) is 17.9 Å². The van der Waals surface area contributed by atoms with E-state index in [0.717, 1.165) is 25.7 Å². The Morgan fingerprint density at radius 3 is 2.50 bits per heavy atom. The van der Waals surface area contributed by atoms with Crippen LogP contribution in [0.15, 0.2) is 0 Å². The number of carbonyl (C=O) groups is 2. The van der Waals surface area contributed by atoms with E-state index >= 15 is 0 Å². The van der Waals surface area contributed by atoms with Gasteiger partial charge in [0.25, 0.3) is 0 Å². The summed E-state index contributed by atoms with van der Waals surface area (Å²) >= 11 is 3.30. The predicted octanol–water partition coefficient (Wildman–Crippen LogP) is 2.85. The highest BCUT2D eigenvalue weighted by Crippen LogP contribution is 2.27. The molecule has 1 unspecified atom stereocenters. The minimum absolute atomic E-state index is 0.146. The van der Waals surface area contributed by atoms with Gasteiger partial charge in [0, 0.05) is 5.92 Å². The van der Waals surface area contributed by atoms with E-state index in [0.29, 0.717) is 6.61 Å². The van der Waals surface area contributed by atoms with E-state index < -0.39 is 0 Å². The standard InChI is InChI=1S/C12H19BrO3/c1-2-16-11(14)8-10(13)12(15)9-6-4-3-5-7-9/h9-10H,2-8H2,1H3. The zero-order valence-corrected chi connectivity index (χ0v) is 11.3. The maximum absolute atomic E-state index is 12.0. The number of hydrogen-bond acceptors (Lipinski definition) is 3. The number of halogens is 1. The van der Waals surface area contributed by atoms with Crippen LogP contribution in [0.5, 0.6) is 0 Å². The van der Waals surface area contributed by atoms with Crippen LogP contribution in [0.25, 0.3) is 0 Å². The molecule has 0 spiro atoms. The van der Waals surface area contributed by atoms with Gasteiger partial charge in [0.2, 0.25) is 0 Å². The summed E-state index contributed by atoms with van der Waals surface area (Å²) in [5.74, 6) is 0.0221. The van der Waals surface area contributed by atoms with E-state index in [1.807, 2.05) is 0 Å². The van der Waals surface area contributed by atoms with Gasteiger partial charge in [-0.25, -0.2) is 0 Å². The topological polar surface area (TPSA) is 43.4 Å². The first kappa shape index (κ1) is 13.7. The molecule has 92 valence electrons. The van der Waals surface area contributed by atoms with Gasteiger partial charge >= 0.3 is 5.97 Å². The molecule has 0 aromatic rings. The Balaban J connectivity index is 2.37. The SMILES string of the molecule is CCOC(=O)CC(Br)C(=O)C1CCCCC1. The number of alkyl halides is 1. The summed E-state index contributed by atoms with van der Waals surface area (Å²) in [5.41, 5.74) is 0. The molecule has 0 bridgehead atoms. The van der Waals surface area contributed by atoms with Crippen LogP contribution in [0, 0.1) is 5.92 Å². The van der Waals surface area contributed by atoms with Crippen LogP contribution in [-0.2, 0) is 14.3 Å². The molecule has 1 aliphatic rings. The highest BCUT2D eigenvalue weighted by Gasteiger charge is 2.28. The summed E-state index contributed by atoms with van der Waals surface area (Å²) in [6, 6.07) is 0. The smallest absolute Gasteiger partial charge is 0.307 e. The second-order valence-electron chi connectivity index (χ2n) is 4.21. The van der Waals surface area contributed by atoms with Crippen LogP contribution in [-0.4, -0.2) is 23.2 Å². The summed E-state index contributed by atoms with van der Waals surface area (Å²) in [6.45, 7) is 2.14. The first-order valence-electron chi connectivity index (χ1n) is 5.98. The number of ether oxygens (including phenoxy) is 1. The number of rotatable bonds is 5. The molecule has 1 fully saturated rings. The quantitative estimate of drug-likeness (QED) is 0.578. The van der Waals surface area contributed by atoms with Gasteiger partial charge < -0.3 is 4.74 Å². The fourth-order valence-electron chi connectivity index (χ4n) is 2.11. The third-order valence-electron chi connectivity index (χ3n) is 2.97. The molecule has 0 amide bonds. The van der Waals surface area contributed by atoms with Crippen molar-refractivity contribution in [3.05, 3.63) is 0 Å². The molecular formula is C12H19BrO3. The van der Waals surface area contributed by atoms with Crippen molar-refractivity contribution in [1.29, 1.82) is 0 Å². The summed E-state index contributed by atoms with van der Waals surface area (Å²) in [5, 5.41) is 0. The Kier molecular flexibility index (Phi) is 6.03. The first-order chi connectivity index (χ1) is 7.65. The van der Waals surface area contributed by atoms with Crippen LogP contribution in [0.2, 0.25) is 0 Å². The van der Waals surface area contributed by atoms with Crippen molar-refractivity contribution in [1.82, 2.24) is 0 Å². The predicted molar refractivity (Wildman–Crippen MR) is 65.5 cm³/mol. The van der Waals surface area contributed by atoms with E-state index in [4.69, 9.17) is 4.74 Å². The summed E-state index contributed by atoms with van der Waals surface area (Å²) in [6.07, 6.45) is 5.61. The van der Waals surface area contributed by atoms with Gasteiger partial charge in [-0.2, -0.15) is 0 Å². The van der Waals surface area contributed by atoms with Gasteiger partial charge in [0.15, 0.2) is 0 Å². The fraction of sp³-hybridized carbons (Fsp3) is 0.833. The minimum Gasteiger partial charge on any atom is -0.466 e. The van der Waals surface area contributed by atoms with Crippen molar-refractivity contribution in [3.8, 4) is 0 Å². The number of Topliss-reactive ketones (excluding diaryl/α,β-unsaturated/α-hetero) is 1. The molecule has 0 heterocycles. The number of esters is 1. The lowest BCUT2D eigenvalue weighted by Crippen LogP contribution is -2.28. The second kappa shape index (κ2) is 7.05. The van der Waals surface area contributed by atoms with E-state index in [-0.39, 0.29) is 28.9 Å². The first-order valence-corrected chi connectivity index (χ1v) is 6.90. The summed E-state index contributed by atoms with van der Waals surface area (Å²) in [7, 11) is 0. The number of carbonyl (C=O) groups excluding carboxylic acids is 2. The van der Waals surface area contributed by atoms with Crippen LogP contribution in [0.4, 0.5) is 0 Å². The molecule has 1 atom stereocenters. The van der Waals surface area contributed by atoms with E-state index in [2.05, 4.69) is 15.9 Å². The molecule has 0 saturated heterocycles. The van der Waals surface area contributed by atoms with Gasteiger partial charge in [-0.15, -0.1) is 0 Å². The summed E-state index contributed by atoms with van der Waals surface area (Å²) in [4.78, 5) is 22.9. The number of ketones is 1. The zero-order chi connectivity index (χ0) is 12.0. The maximum atomic E-state index is 12.0. The molecule has 1 saturated carbocycles. The van der Waals surface area contributed by atoms with Crippen molar-refractivity contribution in [2.45, 2.75) is 50.3 Å². The Bertz CT molecular complexity index is 247. The van der Waals surface area contributed by atoms with E-state index in [1.54, 1.807) is 6.92 Å². The molecule has 0 aromatic heterocycles. The summed E-state index contributed by atoms with van der Waals surface area (Å²) < 4.78 is 4.83. The van der Waals surface area contributed by atoms with Crippen molar-refractivity contribution >= 4 is 27.7 Å². The lowest BCUT2D eigenvalue weighted by Gasteiger charge is -2.22. The van der Waals surface area contributed by atoms with Gasteiger partial charge in [-0.1, -0.05) is 35.2 Å². The molecule has 1 rings (SSSR count). The second-order valence-corrected chi connectivity index (χ2v) is 5.32. The van der Waals surface area contributed by atoms with Crippen LogP contribution in [0.3, 0.4) is 0 Å². The normalized spacial score (nSPS) is 19.1. The molecule has 0 radical (unpaired) electrons. The minimum atomic E-state index is -0.366. The average Bonchev–Trinajstić information content (AvgIpc) is 2.29. The Morgan fingerprint density at radius 2 is 1.94 bits per heavy atom. The third-order valence-corrected chi connectivity index (χ3v) is 3.74. The highest BCUT2D eigenvalue weighted by atomic mass is 79.9. The van der Waals surface area contributed by atoms with Crippen LogP contribution >= 0.6 is 15.9 Å². The van der Waals surface area contributed by atoms with E-state index in [1.165, 1.54) is 6.42 Å². The molecule has 0 aliphatic heterocycles. The Morgan fingerprint density at radius 1 is 1.31 bits per heavy atom. The molecule has 1 aliphatic carbocycles. The van der Waals surface area contributed by atoms with Gasteiger partial charge in [0.1, 0.15) is 5.78 Å². The average molecular weight is 291 g/mol. The molecule has 4 heteroatoms. The number of hydrogen-bond donors (Lipinski definition) is 0. The van der Waals surface area contributed by atoms with Crippen molar-refractivity contribution < 1.29 is 14.3 Å². The fourth-order valence-corrected chi connectivity index (χ4v) is 2.75. The van der Waals surface area contributed by atoms with Gasteiger partial charge in [-0.3, -0.25) is 9.59 Å². The molecule has 0 aromatic carbocycles. The molecule has 3 nitrogen and oxygen atoms in total. The third kappa shape index (κ3) is 4.24. The lowest BCUT2D eigenvalue weighted by molar-refractivity contribution is -0.144. The lowest BCUT2D eigenvalue weighted by atomic mass is 9.85. The van der Waals surface area contributed by atoms with Gasteiger partial charge in [-0.05, 0) is 19.8 Å². The zero-order valence-electron chi connectivity index (χ0n) is 9.71. The largest absolute Gasteiger partial charge is 0.466 e. The molecule has 0 N–H and O–H groups in total. The van der Waals surface area contributed by atoms with Crippen LogP contribution < -0.4 is 0 Å². The van der Waals surface area contributed by atoms with Crippen molar-refractivity contribution in [3.63, 3.8) is 0 Å². The molecule has 16 heavy (non-hydrogen) atoms. The van der Waals surface area contributed by atoms with Crippen molar-refractivity contribution in [2.75, 3.05) is 6.61 Å². The van der Waals surface area contributed by atoms with Crippen LogP contribution in [0.1, 0.15) is 45.4 Å². The highest BCUT2D eigenvalue weighted by molar-refractivity contribution is 9.10. The van der Waals surface area contributed by atoms with Crippen molar-refractivity contribution in [2.24, 2.45) is 5.92 Å². The Labute approximate surface area is 105 Å². The maximum Gasteiger partial charge on any atom is 0.307 e. The molecular weight excluding hydrogens is 272 g/mol.